The summed E-state index contributed by atoms with van der Waals surface area (Å²) in [5.41, 5.74) is 4.92. The minimum atomic E-state index is -0.0768. The molecule has 1 aliphatic rings. The first-order chi connectivity index (χ1) is 14.2. The first kappa shape index (κ1) is 18.4. The molecule has 3 heterocycles. The molecule has 1 saturated heterocycles. The van der Waals surface area contributed by atoms with Crippen LogP contribution in [0.5, 0.6) is 0 Å². The van der Waals surface area contributed by atoms with Crippen molar-refractivity contribution in [3.63, 3.8) is 0 Å². The normalized spacial score (nSPS) is 19.2. The van der Waals surface area contributed by atoms with Crippen LogP contribution in [0.4, 0.5) is 5.69 Å². The molecule has 0 spiro atoms. The van der Waals surface area contributed by atoms with Crippen LogP contribution in [-0.4, -0.2) is 52.7 Å². The Labute approximate surface area is 172 Å². The van der Waals surface area contributed by atoms with Crippen molar-refractivity contribution in [3.8, 4) is 0 Å². The summed E-state index contributed by atoms with van der Waals surface area (Å²) in [6.45, 7) is 0.801. The van der Waals surface area contributed by atoms with Gasteiger partial charge < -0.3 is 14.6 Å². The zero-order valence-corrected chi connectivity index (χ0v) is 17.1. The molecule has 1 aliphatic heterocycles. The Morgan fingerprint density at radius 2 is 1.93 bits per heavy atom. The lowest BCUT2D eigenvalue weighted by molar-refractivity contribution is 0.0534. The van der Waals surface area contributed by atoms with Crippen LogP contribution in [0.15, 0.2) is 53.7 Å². The molecule has 7 nitrogen and oxygen atoms in total. The number of H-pyrrole nitrogens is 1. The first-order valence-corrected chi connectivity index (χ1v) is 10.6. The minimum absolute atomic E-state index is 0.0768. The summed E-state index contributed by atoms with van der Waals surface area (Å²) in [5, 5.41) is 13.8. The van der Waals surface area contributed by atoms with E-state index in [9.17, 15) is 0 Å². The second kappa shape index (κ2) is 7.62. The van der Waals surface area contributed by atoms with Crippen LogP contribution in [0.2, 0.25) is 0 Å². The van der Waals surface area contributed by atoms with Crippen molar-refractivity contribution in [1.29, 1.82) is 0 Å². The number of nitrogens with one attached hydrogen (secondary N) is 2. The fraction of sp³-hybridized carbons (Fsp3) is 0.286. The summed E-state index contributed by atoms with van der Waals surface area (Å²) >= 11 is 1.57. The van der Waals surface area contributed by atoms with Crippen molar-refractivity contribution in [2.75, 3.05) is 31.3 Å². The zero-order valence-electron chi connectivity index (χ0n) is 16.3. The van der Waals surface area contributed by atoms with Gasteiger partial charge in [0.15, 0.2) is 5.65 Å². The minimum Gasteiger partial charge on any atom is -0.378 e. The maximum absolute atomic E-state index is 6.18. The van der Waals surface area contributed by atoms with E-state index in [0.717, 1.165) is 39.9 Å². The molecule has 0 unspecified atom stereocenters. The lowest BCUT2D eigenvalue weighted by atomic mass is 10.2. The number of aromatic amines is 1. The van der Waals surface area contributed by atoms with Gasteiger partial charge in [0, 0.05) is 43.0 Å². The Morgan fingerprint density at radius 1 is 1.10 bits per heavy atom. The highest BCUT2D eigenvalue weighted by molar-refractivity contribution is 7.99. The molecule has 2 N–H and O–H groups in total. The molecule has 0 aliphatic carbocycles. The summed E-state index contributed by atoms with van der Waals surface area (Å²) in [6, 6.07) is 16.5. The number of nitrogens with zero attached hydrogens (tertiary/aromatic N) is 4. The topological polar surface area (TPSA) is 79.0 Å². The number of rotatable bonds is 5. The molecule has 29 heavy (non-hydrogen) atoms. The lowest BCUT2D eigenvalue weighted by Crippen LogP contribution is -2.17. The molecule has 5 rings (SSSR count). The van der Waals surface area contributed by atoms with Crippen LogP contribution in [0, 0.1) is 0 Å². The Balaban J connectivity index is 1.23. The third-order valence-corrected chi connectivity index (χ3v) is 6.04. The third kappa shape index (κ3) is 3.66. The fourth-order valence-electron chi connectivity index (χ4n) is 3.50. The maximum Gasteiger partial charge on any atom is 0.211 e. The first-order valence-electron chi connectivity index (χ1n) is 9.57. The van der Waals surface area contributed by atoms with Crippen LogP contribution < -0.4 is 10.2 Å². The SMILES string of the molecule is CN(C)c1ccc([C@@H]2NC[C@@H](CSc3nnc4c(n3)[nH]c3ccccc34)O2)cc1. The second-order valence-corrected chi connectivity index (χ2v) is 8.29. The van der Waals surface area contributed by atoms with Crippen LogP contribution in [0.1, 0.15) is 11.8 Å². The highest BCUT2D eigenvalue weighted by atomic mass is 32.2. The standard InChI is InChI=1S/C21H22N6OS/c1-27(2)14-9-7-13(8-10-14)20-22-11-15(28-20)12-29-21-24-19-18(25-26-21)16-5-3-4-6-17(16)23-19/h3-10,15,20,22H,11-12H2,1-2H3,(H,23,24,26)/t15-,20+/m0/s1. The van der Waals surface area contributed by atoms with Crippen molar-refractivity contribution in [3.05, 3.63) is 54.1 Å². The third-order valence-electron chi connectivity index (χ3n) is 5.07. The average molecular weight is 407 g/mol. The van der Waals surface area contributed by atoms with Gasteiger partial charge in [-0.05, 0) is 23.8 Å². The van der Waals surface area contributed by atoms with Gasteiger partial charge in [0.1, 0.15) is 11.7 Å². The Kier molecular flexibility index (Phi) is 4.83. The monoisotopic (exact) mass is 406 g/mol. The molecule has 0 amide bonds. The largest absolute Gasteiger partial charge is 0.378 e. The molecular weight excluding hydrogens is 384 g/mol. The van der Waals surface area contributed by atoms with E-state index < -0.39 is 0 Å². The molecule has 2 atom stereocenters. The highest BCUT2D eigenvalue weighted by Gasteiger charge is 2.26. The van der Waals surface area contributed by atoms with E-state index in [4.69, 9.17) is 4.74 Å². The highest BCUT2D eigenvalue weighted by Crippen LogP contribution is 2.27. The molecule has 2 aromatic carbocycles. The van der Waals surface area contributed by atoms with Gasteiger partial charge in [0.05, 0.1) is 6.10 Å². The van der Waals surface area contributed by atoms with Crippen molar-refractivity contribution in [2.45, 2.75) is 17.5 Å². The van der Waals surface area contributed by atoms with Gasteiger partial charge in [0.25, 0.3) is 0 Å². The zero-order chi connectivity index (χ0) is 19.8. The van der Waals surface area contributed by atoms with Crippen molar-refractivity contribution >= 4 is 39.5 Å². The molecule has 148 valence electrons. The van der Waals surface area contributed by atoms with E-state index in [2.05, 4.69) is 54.6 Å². The summed E-state index contributed by atoms with van der Waals surface area (Å²) in [7, 11) is 4.08. The van der Waals surface area contributed by atoms with Gasteiger partial charge in [-0.1, -0.05) is 42.1 Å². The summed E-state index contributed by atoms with van der Waals surface area (Å²) in [4.78, 5) is 10.0. The number of benzene rings is 2. The molecule has 0 saturated carbocycles. The molecule has 8 heteroatoms. The van der Waals surface area contributed by atoms with E-state index in [1.54, 1.807) is 11.8 Å². The van der Waals surface area contributed by atoms with Gasteiger partial charge in [-0.2, -0.15) is 0 Å². The molecule has 2 aromatic heterocycles. The predicted octanol–water partition coefficient (Wildman–Crippen LogP) is 3.35. The Morgan fingerprint density at radius 3 is 2.76 bits per heavy atom. The van der Waals surface area contributed by atoms with Crippen molar-refractivity contribution < 1.29 is 4.74 Å². The molecule has 1 fully saturated rings. The number of fused-ring (bicyclic) bond motifs is 3. The molecule has 0 radical (unpaired) electrons. The number of anilines is 1. The van der Waals surface area contributed by atoms with E-state index in [0.29, 0.717) is 5.16 Å². The average Bonchev–Trinajstić information content (AvgIpc) is 3.36. The summed E-state index contributed by atoms with van der Waals surface area (Å²) in [6.07, 6.45) is 0.0209. The molecule has 0 bridgehead atoms. The number of hydrogen-bond donors (Lipinski definition) is 2. The van der Waals surface area contributed by atoms with Crippen molar-refractivity contribution in [2.24, 2.45) is 0 Å². The molecule has 4 aromatic rings. The number of aromatic nitrogens is 4. The fourth-order valence-corrected chi connectivity index (χ4v) is 4.29. The van der Waals surface area contributed by atoms with Crippen LogP contribution >= 0.6 is 11.8 Å². The van der Waals surface area contributed by atoms with Gasteiger partial charge in [-0.15, -0.1) is 10.2 Å². The van der Waals surface area contributed by atoms with Gasteiger partial charge in [-0.3, -0.25) is 5.32 Å². The predicted molar refractivity (Wildman–Crippen MR) is 116 cm³/mol. The summed E-state index contributed by atoms with van der Waals surface area (Å²) < 4.78 is 6.18. The second-order valence-electron chi connectivity index (χ2n) is 7.31. The van der Waals surface area contributed by atoms with Crippen molar-refractivity contribution in [1.82, 2.24) is 25.5 Å². The maximum atomic E-state index is 6.18. The molecular formula is C21H22N6OS. The smallest absolute Gasteiger partial charge is 0.211 e. The van der Waals surface area contributed by atoms with Gasteiger partial charge in [-0.25, -0.2) is 4.98 Å². The number of thioether (sulfide) groups is 1. The van der Waals surface area contributed by atoms with Gasteiger partial charge >= 0.3 is 0 Å². The quantitative estimate of drug-likeness (QED) is 0.492. The summed E-state index contributed by atoms with van der Waals surface area (Å²) in [5.74, 6) is 0.771. The number of para-hydroxylation sites is 1. The van der Waals surface area contributed by atoms with E-state index in [1.807, 2.05) is 38.4 Å². The van der Waals surface area contributed by atoms with Gasteiger partial charge in [0.2, 0.25) is 5.16 Å². The Bertz CT molecular complexity index is 1140. The van der Waals surface area contributed by atoms with E-state index >= 15 is 0 Å². The van der Waals surface area contributed by atoms with E-state index in [1.165, 1.54) is 5.69 Å². The number of hydrogen-bond acceptors (Lipinski definition) is 7. The van der Waals surface area contributed by atoms with Crippen LogP contribution in [0.3, 0.4) is 0 Å². The van der Waals surface area contributed by atoms with E-state index in [-0.39, 0.29) is 12.3 Å². The van der Waals surface area contributed by atoms with Crippen LogP contribution in [-0.2, 0) is 4.74 Å². The Hall–Kier alpha value is -2.68. The lowest BCUT2D eigenvalue weighted by Gasteiger charge is -2.16. The van der Waals surface area contributed by atoms with Crippen LogP contribution in [0.25, 0.3) is 22.1 Å². The number of ether oxygens (including phenoxy) is 1.